The van der Waals surface area contributed by atoms with Crippen LogP contribution in [0.15, 0.2) is 0 Å². The van der Waals surface area contributed by atoms with Crippen LogP contribution in [-0.4, -0.2) is 72.7 Å². The minimum Gasteiger partial charge on any atom is -0.395 e. The Balaban J connectivity index is 0. The molecule has 0 radical (unpaired) electrons. The van der Waals surface area contributed by atoms with Gasteiger partial charge in [-0.1, -0.05) is 51.9 Å². The highest BCUT2D eigenvalue weighted by Crippen LogP contribution is 2.41. The molecule has 166 valence electrons. The summed E-state index contributed by atoms with van der Waals surface area (Å²) in [5.74, 6) is 0. The van der Waals surface area contributed by atoms with Crippen molar-refractivity contribution < 1.29 is 49.0 Å². The van der Waals surface area contributed by atoms with Gasteiger partial charge in [0.05, 0.1) is 25.2 Å². The van der Waals surface area contributed by atoms with Gasteiger partial charge in [-0.25, -0.2) is 4.31 Å². The Morgan fingerprint density at radius 2 is 1.15 bits per heavy atom. The Labute approximate surface area is 163 Å². The number of aliphatic hydroxyl groups excluding tert-OH is 4. The molecule has 0 aromatic carbocycles. The summed E-state index contributed by atoms with van der Waals surface area (Å²) in [6, 6.07) is 0. The second kappa shape index (κ2) is 19.8. The summed E-state index contributed by atoms with van der Waals surface area (Å²) in [7, 11) is -5.22. The molecule has 0 saturated heterocycles. The molecule has 0 aliphatic rings. The first kappa shape index (κ1) is 29.7. The van der Waals surface area contributed by atoms with Crippen molar-refractivity contribution in [2.45, 2.75) is 64.6 Å². The minimum atomic E-state index is -2.61. The molecule has 10 nitrogen and oxygen atoms in total. The molecule has 0 aromatic rings. The second-order valence-corrected chi connectivity index (χ2v) is 7.79. The first-order valence-corrected chi connectivity index (χ1v) is 11.3. The van der Waals surface area contributed by atoms with E-state index in [9.17, 15) is 5.11 Å². The molecule has 0 saturated carbocycles. The van der Waals surface area contributed by atoms with E-state index in [0.29, 0.717) is 6.61 Å². The van der Waals surface area contributed by atoms with E-state index in [1.165, 1.54) is 32.1 Å². The standard InChI is InChI=1S/C15H32O5.H4O5P2/c1-2-3-4-5-6-7-8-9-10-20-14(19)15(11-16,12-17)13-18;1-6(2)5-7(3)4/h14,16-19H,2-13H2,1H3;1-4H. The molecule has 1 atom stereocenters. The molecule has 0 aliphatic carbocycles. The van der Waals surface area contributed by atoms with Crippen molar-refractivity contribution in [1.82, 2.24) is 0 Å². The summed E-state index contributed by atoms with van der Waals surface area (Å²) in [5, 5.41) is 37.1. The predicted octanol–water partition coefficient (Wildman–Crippen LogP) is 0.851. The Bertz CT molecular complexity index is 292. The lowest BCUT2D eigenvalue weighted by molar-refractivity contribution is -0.212. The van der Waals surface area contributed by atoms with E-state index in [4.69, 9.17) is 39.6 Å². The van der Waals surface area contributed by atoms with Crippen molar-refractivity contribution in [2.24, 2.45) is 5.41 Å². The number of unbranched alkanes of at least 4 members (excludes halogenated alkanes) is 7. The molecule has 0 bridgehead atoms. The smallest absolute Gasteiger partial charge is 0.334 e. The highest BCUT2D eigenvalue weighted by molar-refractivity contribution is 7.53. The quantitative estimate of drug-likeness (QED) is 0.0978. The molecule has 8 N–H and O–H groups in total. The minimum absolute atomic E-state index is 0.373. The molecule has 0 rings (SSSR count). The van der Waals surface area contributed by atoms with Crippen molar-refractivity contribution in [3.63, 3.8) is 0 Å². The molecule has 0 aromatic heterocycles. The predicted molar refractivity (Wildman–Crippen MR) is 102 cm³/mol. The first-order chi connectivity index (χ1) is 12.8. The molecule has 27 heavy (non-hydrogen) atoms. The zero-order valence-electron chi connectivity index (χ0n) is 15.9. The fraction of sp³-hybridized carbons (Fsp3) is 1.00. The first-order valence-electron chi connectivity index (χ1n) is 8.95. The summed E-state index contributed by atoms with van der Waals surface area (Å²) in [6.07, 6.45) is 8.08. The molecule has 0 aliphatic heterocycles. The molecule has 1 unspecified atom stereocenters. The van der Waals surface area contributed by atoms with Gasteiger partial charge in [-0.3, -0.25) is 0 Å². The summed E-state index contributed by atoms with van der Waals surface area (Å²) in [5.41, 5.74) is -1.37. The van der Waals surface area contributed by atoms with Crippen LogP contribution < -0.4 is 0 Å². The third-order valence-corrected chi connectivity index (χ3v) is 5.06. The lowest BCUT2D eigenvalue weighted by Gasteiger charge is -2.32. The number of rotatable bonds is 16. The van der Waals surface area contributed by atoms with Crippen LogP contribution in [0, 0.1) is 5.41 Å². The van der Waals surface area contributed by atoms with Crippen molar-refractivity contribution in [3.05, 3.63) is 0 Å². The summed E-state index contributed by atoms with van der Waals surface area (Å²) in [4.78, 5) is 31.3. The van der Waals surface area contributed by atoms with Crippen molar-refractivity contribution in [3.8, 4) is 0 Å². The number of hydrogen-bond donors (Lipinski definition) is 8. The Hall–Kier alpha value is 0.460. The normalized spacial score (nSPS) is 13.0. The molecular formula is C15H36O10P2. The van der Waals surface area contributed by atoms with Crippen LogP contribution in [0.5, 0.6) is 0 Å². The van der Waals surface area contributed by atoms with Gasteiger partial charge in [-0.2, -0.15) is 0 Å². The fourth-order valence-electron chi connectivity index (χ4n) is 2.06. The average molecular weight is 438 g/mol. The monoisotopic (exact) mass is 438 g/mol. The Morgan fingerprint density at radius 1 is 0.741 bits per heavy atom. The van der Waals surface area contributed by atoms with Gasteiger partial charge in [0.15, 0.2) is 6.29 Å². The van der Waals surface area contributed by atoms with Crippen LogP contribution >= 0.6 is 17.2 Å². The van der Waals surface area contributed by atoms with Gasteiger partial charge < -0.3 is 44.7 Å². The molecule has 0 heterocycles. The van der Waals surface area contributed by atoms with Crippen molar-refractivity contribution >= 4 is 17.2 Å². The molecule has 0 amide bonds. The van der Waals surface area contributed by atoms with Crippen LogP contribution in [0.4, 0.5) is 0 Å². The van der Waals surface area contributed by atoms with Gasteiger partial charge in [-0.05, 0) is 6.42 Å². The van der Waals surface area contributed by atoms with Crippen LogP contribution in [0.2, 0.25) is 0 Å². The molecule has 0 spiro atoms. The highest BCUT2D eigenvalue weighted by atomic mass is 31.2. The zero-order chi connectivity index (χ0) is 21.1. The molecule has 0 fully saturated rings. The Morgan fingerprint density at radius 3 is 1.48 bits per heavy atom. The van der Waals surface area contributed by atoms with Gasteiger partial charge >= 0.3 is 17.2 Å². The zero-order valence-corrected chi connectivity index (χ0v) is 17.6. The van der Waals surface area contributed by atoms with E-state index in [2.05, 4.69) is 11.2 Å². The molecule has 12 heteroatoms. The van der Waals surface area contributed by atoms with Crippen molar-refractivity contribution in [2.75, 3.05) is 26.4 Å². The summed E-state index contributed by atoms with van der Waals surface area (Å²) >= 11 is 0. The SMILES string of the molecule is CCCCCCCCCCOC(O)C(CO)(CO)CO.OP(O)OP(O)O. The topological polar surface area (TPSA) is 180 Å². The number of ether oxygens (including phenoxy) is 1. The van der Waals surface area contributed by atoms with E-state index in [0.717, 1.165) is 19.3 Å². The van der Waals surface area contributed by atoms with Crippen LogP contribution in [0.25, 0.3) is 0 Å². The average Bonchev–Trinajstić information content (AvgIpc) is 2.61. The van der Waals surface area contributed by atoms with Crippen LogP contribution in [0.3, 0.4) is 0 Å². The fourth-order valence-corrected chi connectivity index (χ4v) is 2.58. The van der Waals surface area contributed by atoms with Crippen molar-refractivity contribution in [1.29, 1.82) is 0 Å². The largest absolute Gasteiger partial charge is 0.395 e. The van der Waals surface area contributed by atoms with Gasteiger partial charge in [-0.15, -0.1) is 0 Å². The number of hydrogen-bond acceptors (Lipinski definition) is 10. The summed E-state index contributed by atoms with van der Waals surface area (Å²) in [6.45, 7) is 1.03. The maximum absolute atomic E-state index is 9.76. The second-order valence-electron chi connectivity index (χ2n) is 6.12. The van der Waals surface area contributed by atoms with Crippen LogP contribution in [0.1, 0.15) is 58.3 Å². The van der Waals surface area contributed by atoms with E-state index < -0.39 is 48.7 Å². The van der Waals surface area contributed by atoms with E-state index >= 15 is 0 Å². The van der Waals surface area contributed by atoms with E-state index in [1.54, 1.807) is 0 Å². The Kier molecular flexibility index (Phi) is 21.7. The van der Waals surface area contributed by atoms with E-state index in [1.807, 2.05) is 0 Å². The lowest BCUT2D eigenvalue weighted by atomic mass is 9.90. The third-order valence-electron chi connectivity index (χ3n) is 3.89. The lowest BCUT2D eigenvalue weighted by Crippen LogP contribution is -2.46. The highest BCUT2D eigenvalue weighted by Gasteiger charge is 2.37. The van der Waals surface area contributed by atoms with Gasteiger partial charge in [0.2, 0.25) is 0 Å². The van der Waals surface area contributed by atoms with Gasteiger partial charge in [0.1, 0.15) is 0 Å². The van der Waals surface area contributed by atoms with E-state index in [-0.39, 0.29) is 0 Å². The molecular weight excluding hydrogens is 402 g/mol. The van der Waals surface area contributed by atoms with Crippen LogP contribution in [-0.2, 0) is 9.05 Å². The number of aliphatic hydroxyl groups is 4. The van der Waals surface area contributed by atoms with Gasteiger partial charge in [0, 0.05) is 6.61 Å². The maximum Gasteiger partial charge on any atom is 0.334 e. The summed E-state index contributed by atoms with van der Waals surface area (Å²) < 4.78 is 8.80. The maximum atomic E-state index is 9.76. The third kappa shape index (κ3) is 17.1. The van der Waals surface area contributed by atoms with Gasteiger partial charge in [0.25, 0.3) is 0 Å².